The highest BCUT2D eigenvalue weighted by Crippen LogP contribution is 2.04. The summed E-state index contributed by atoms with van der Waals surface area (Å²) in [6.07, 6.45) is 1.09. The summed E-state index contributed by atoms with van der Waals surface area (Å²) in [7, 11) is 1.67. The zero-order valence-electron chi connectivity index (χ0n) is 8.59. The van der Waals surface area contributed by atoms with Gasteiger partial charge in [0.05, 0.1) is 13.2 Å². The van der Waals surface area contributed by atoms with Crippen LogP contribution in [0, 0.1) is 5.92 Å². The van der Waals surface area contributed by atoms with Crippen molar-refractivity contribution in [3.8, 4) is 0 Å². The molecule has 0 bridgehead atoms. The largest absolute Gasteiger partial charge is 0.382 e. The number of ether oxygens (including phenoxy) is 1. The van der Waals surface area contributed by atoms with Gasteiger partial charge in [-0.2, -0.15) is 5.48 Å². The van der Waals surface area contributed by atoms with Crippen molar-refractivity contribution in [2.75, 3.05) is 20.3 Å². The Hall–Kier alpha value is -0.120. The fourth-order valence-corrected chi connectivity index (χ4v) is 0.982. The maximum Gasteiger partial charge on any atom is 0.0915 e. The van der Waals surface area contributed by atoms with E-state index in [0.717, 1.165) is 6.42 Å². The van der Waals surface area contributed by atoms with Crippen LogP contribution in [0.3, 0.4) is 0 Å². The molecule has 0 heterocycles. The molecule has 0 amide bonds. The molecule has 3 nitrogen and oxygen atoms in total. The van der Waals surface area contributed by atoms with Crippen molar-refractivity contribution in [1.29, 1.82) is 0 Å². The molecule has 12 heavy (non-hydrogen) atoms. The van der Waals surface area contributed by atoms with E-state index in [1.165, 1.54) is 0 Å². The lowest BCUT2D eigenvalue weighted by Gasteiger charge is -2.19. The molecule has 0 aliphatic rings. The maximum atomic E-state index is 5.21. The summed E-state index contributed by atoms with van der Waals surface area (Å²) >= 11 is 0. The molecule has 0 aliphatic heterocycles. The zero-order chi connectivity index (χ0) is 9.40. The maximum absolute atomic E-state index is 5.21. The number of hydrogen-bond donors (Lipinski definition) is 1. The number of nitrogens with one attached hydrogen (secondary N) is 1. The Balaban J connectivity index is 3.32. The molecule has 0 aromatic heterocycles. The van der Waals surface area contributed by atoms with Crippen LogP contribution in [0.25, 0.3) is 0 Å². The van der Waals surface area contributed by atoms with E-state index >= 15 is 0 Å². The quantitative estimate of drug-likeness (QED) is 0.471. The number of hydroxylamine groups is 1. The highest BCUT2D eigenvalue weighted by atomic mass is 16.7. The first-order chi connectivity index (χ1) is 5.72. The minimum atomic E-state index is 0.446. The second-order valence-electron chi connectivity index (χ2n) is 3.22. The molecule has 3 heteroatoms. The molecule has 0 fully saturated rings. The van der Waals surface area contributed by atoms with Gasteiger partial charge in [-0.15, -0.1) is 0 Å². The van der Waals surface area contributed by atoms with Crippen LogP contribution >= 0.6 is 0 Å². The Labute approximate surface area is 75.4 Å². The van der Waals surface area contributed by atoms with Crippen molar-refractivity contribution in [3.63, 3.8) is 0 Å². The predicted molar refractivity (Wildman–Crippen MR) is 49.9 cm³/mol. The van der Waals surface area contributed by atoms with Gasteiger partial charge in [0.25, 0.3) is 0 Å². The van der Waals surface area contributed by atoms with Crippen molar-refractivity contribution >= 4 is 0 Å². The third-order valence-corrected chi connectivity index (χ3v) is 1.87. The Bertz CT molecular complexity index is 96.5. The summed E-state index contributed by atoms with van der Waals surface area (Å²) in [6.45, 7) is 7.76. The highest BCUT2D eigenvalue weighted by Gasteiger charge is 2.09. The molecule has 0 aliphatic carbocycles. The first-order valence-electron chi connectivity index (χ1n) is 4.58. The van der Waals surface area contributed by atoms with E-state index in [-0.39, 0.29) is 0 Å². The normalized spacial score (nSPS) is 13.8. The second kappa shape index (κ2) is 7.53. The summed E-state index contributed by atoms with van der Waals surface area (Å²) in [5.41, 5.74) is 3.02. The molecule has 0 saturated carbocycles. The van der Waals surface area contributed by atoms with Crippen LogP contribution in [0.4, 0.5) is 0 Å². The lowest BCUT2D eigenvalue weighted by atomic mass is 10.0. The van der Waals surface area contributed by atoms with Crippen LogP contribution in [-0.2, 0) is 9.57 Å². The summed E-state index contributed by atoms with van der Waals surface area (Å²) in [4.78, 5) is 5.21. The molecule has 0 radical (unpaired) electrons. The molecule has 0 spiro atoms. The standard InChI is InChI=1S/C9H21NO2/c1-5-9(8(2)3)10-12-7-6-11-4/h8-10H,5-7H2,1-4H3. The van der Waals surface area contributed by atoms with Gasteiger partial charge >= 0.3 is 0 Å². The molecule has 0 aromatic rings. The molecule has 74 valence electrons. The fraction of sp³-hybridized carbons (Fsp3) is 1.00. The van der Waals surface area contributed by atoms with Crippen LogP contribution in [-0.4, -0.2) is 26.4 Å². The van der Waals surface area contributed by atoms with Gasteiger partial charge in [-0.3, -0.25) is 4.84 Å². The topological polar surface area (TPSA) is 30.5 Å². The zero-order valence-corrected chi connectivity index (χ0v) is 8.59. The van der Waals surface area contributed by atoms with Crippen molar-refractivity contribution < 1.29 is 9.57 Å². The second-order valence-corrected chi connectivity index (χ2v) is 3.22. The minimum Gasteiger partial charge on any atom is -0.382 e. The monoisotopic (exact) mass is 175 g/mol. The average Bonchev–Trinajstić information content (AvgIpc) is 2.04. The Kier molecular flexibility index (Phi) is 7.45. The van der Waals surface area contributed by atoms with E-state index in [2.05, 4.69) is 26.3 Å². The van der Waals surface area contributed by atoms with Crippen molar-refractivity contribution in [2.45, 2.75) is 33.2 Å². The molecule has 0 aromatic carbocycles. The number of hydrogen-bond acceptors (Lipinski definition) is 3. The first-order valence-corrected chi connectivity index (χ1v) is 4.58. The summed E-state index contributed by atoms with van der Waals surface area (Å²) in [5.74, 6) is 0.609. The highest BCUT2D eigenvalue weighted by molar-refractivity contribution is 4.63. The Morgan fingerprint density at radius 2 is 1.92 bits per heavy atom. The minimum absolute atomic E-state index is 0.446. The van der Waals surface area contributed by atoms with E-state index in [0.29, 0.717) is 25.2 Å². The van der Waals surface area contributed by atoms with Crippen molar-refractivity contribution in [1.82, 2.24) is 5.48 Å². The number of methoxy groups -OCH3 is 1. The molecule has 1 atom stereocenters. The SMILES string of the molecule is CCC(NOCCOC)C(C)C. The van der Waals surface area contributed by atoms with Gasteiger partial charge < -0.3 is 4.74 Å². The first kappa shape index (κ1) is 11.9. The van der Waals surface area contributed by atoms with Gasteiger partial charge in [-0.25, -0.2) is 0 Å². The molecular formula is C9H21NO2. The lowest BCUT2D eigenvalue weighted by molar-refractivity contribution is -0.0208. The van der Waals surface area contributed by atoms with E-state index in [4.69, 9.17) is 9.57 Å². The molecule has 1 unspecified atom stereocenters. The van der Waals surface area contributed by atoms with Crippen LogP contribution in [0.5, 0.6) is 0 Å². The van der Waals surface area contributed by atoms with Gasteiger partial charge in [0, 0.05) is 13.2 Å². The summed E-state index contributed by atoms with van der Waals surface area (Å²) < 4.78 is 4.85. The van der Waals surface area contributed by atoms with Gasteiger partial charge in [-0.05, 0) is 12.3 Å². The smallest absolute Gasteiger partial charge is 0.0915 e. The average molecular weight is 175 g/mol. The van der Waals surface area contributed by atoms with E-state index < -0.39 is 0 Å². The third kappa shape index (κ3) is 5.52. The van der Waals surface area contributed by atoms with Crippen LogP contribution in [0.15, 0.2) is 0 Å². The van der Waals surface area contributed by atoms with Crippen LogP contribution in [0.1, 0.15) is 27.2 Å². The fourth-order valence-electron chi connectivity index (χ4n) is 0.982. The van der Waals surface area contributed by atoms with E-state index in [1.54, 1.807) is 7.11 Å². The summed E-state index contributed by atoms with van der Waals surface area (Å²) in [5, 5.41) is 0. The number of rotatable bonds is 7. The molecule has 1 N–H and O–H groups in total. The molecular weight excluding hydrogens is 154 g/mol. The van der Waals surface area contributed by atoms with Gasteiger partial charge in [-0.1, -0.05) is 20.8 Å². The van der Waals surface area contributed by atoms with E-state index in [1.807, 2.05) is 0 Å². The Morgan fingerprint density at radius 1 is 1.25 bits per heavy atom. The summed E-state index contributed by atoms with van der Waals surface area (Å²) in [6, 6.07) is 0.446. The molecule has 0 rings (SSSR count). The van der Waals surface area contributed by atoms with Crippen molar-refractivity contribution in [3.05, 3.63) is 0 Å². The molecule has 0 saturated heterocycles. The van der Waals surface area contributed by atoms with Gasteiger partial charge in [0.2, 0.25) is 0 Å². The van der Waals surface area contributed by atoms with Crippen LogP contribution < -0.4 is 5.48 Å². The third-order valence-electron chi connectivity index (χ3n) is 1.87. The van der Waals surface area contributed by atoms with Crippen molar-refractivity contribution in [2.24, 2.45) is 5.92 Å². The van der Waals surface area contributed by atoms with Gasteiger partial charge in [0.15, 0.2) is 0 Å². The van der Waals surface area contributed by atoms with Crippen LogP contribution in [0.2, 0.25) is 0 Å². The van der Waals surface area contributed by atoms with E-state index in [9.17, 15) is 0 Å². The lowest BCUT2D eigenvalue weighted by Crippen LogP contribution is -2.34. The predicted octanol–water partition coefficient (Wildman–Crippen LogP) is 1.59. The van der Waals surface area contributed by atoms with Gasteiger partial charge in [0.1, 0.15) is 0 Å². The Morgan fingerprint density at radius 3 is 2.33 bits per heavy atom.